The molecule has 1 amide bonds. The molecule has 15 heavy (non-hydrogen) atoms. The number of nitrogens with two attached hydrogens (primary N) is 1. The first kappa shape index (κ1) is 11.4. The van der Waals surface area contributed by atoms with Gasteiger partial charge in [0.05, 0.1) is 6.54 Å². The molecule has 0 aromatic carbocycles. The summed E-state index contributed by atoms with van der Waals surface area (Å²) in [5, 5.41) is 2.85. The Morgan fingerprint density at radius 3 is 2.73 bits per heavy atom. The smallest absolute Gasteiger partial charge is 0.236 e. The van der Waals surface area contributed by atoms with E-state index in [-0.39, 0.29) is 12.5 Å². The van der Waals surface area contributed by atoms with E-state index < -0.39 is 5.91 Å². The molecule has 1 heterocycles. The van der Waals surface area contributed by atoms with E-state index in [2.05, 4.69) is 15.3 Å². The van der Waals surface area contributed by atoms with Gasteiger partial charge in [0.1, 0.15) is 11.6 Å². The van der Waals surface area contributed by atoms with Crippen molar-refractivity contribution in [3.8, 4) is 0 Å². The minimum Gasteiger partial charge on any atom is -0.368 e. The highest BCUT2D eigenvalue weighted by Gasteiger charge is 2.06. The molecule has 0 radical (unpaired) electrons. The Morgan fingerprint density at radius 2 is 2.20 bits per heavy atom. The van der Waals surface area contributed by atoms with Crippen molar-refractivity contribution in [2.24, 2.45) is 5.73 Å². The lowest BCUT2D eigenvalue weighted by atomic mass is 10.2. The van der Waals surface area contributed by atoms with Gasteiger partial charge in [0.25, 0.3) is 0 Å². The number of nitrogens with zero attached hydrogens (tertiary/aromatic N) is 2. The number of primary amides is 1. The maximum Gasteiger partial charge on any atom is 0.236 e. The molecule has 3 N–H and O–H groups in total. The maximum absolute atomic E-state index is 10.6. The number of nitrogens with one attached hydrogen (secondary N) is 1. The lowest BCUT2D eigenvalue weighted by Crippen LogP contribution is -2.22. The summed E-state index contributed by atoms with van der Waals surface area (Å²) in [5.74, 6) is 1.27. The normalized spacial score (nSPS) is 10.4. The van der Waals surface area contributed by atoms with Gasteiger partial charge in [0.2, 0.25) is 5.91 Å². The Bertz CT molecular complexity index is 362. The van der Waals surface area contributed by atoms with Gasteiger partial charge in [-0.3, -0.25) is 4.79 Å². The van der Waals surface area contributed by atoms with E-state index >= 15 is 0 Å². The number of aromatic nitrogens is 2. The van der Waals surface area contributed by atoms with Crippen molar-refractivity contribution < 1.29 is 4.79 Å². The SMILES string of the molecule is Cc1cc(NCC(N)=O)nc(C(C)C)n1. The van der Waals surface area contributed by atoms with Crippen LogP contribution in [0.3, 0.4) is 0 Å². The molecule has 0 aliphatic carbocycles. The first-order chi connectivity index (χ1) is 6.99. The van der Waals surface area contributed by atoms with Crippen LogP contribution in [0, 0.1) is 6.92 Å². The molecule has 0 spiro atoms. The average molecular weight is 208 g/mol. The fourth-order valence-electron chi connectivity index (χ4n) is 1.12. The number of hydrogen-bond donors (Lipinski definition) is 2. The molecular weight excluding hydrogens is 192 g/mol. The summed E-state index contributed by atoms with van der Waals surface area (Å²) in [6.07, 6.45) is 0. The van der Waals surface area contributed by atoms with Crippen LogP contribution in [0.1, 0.15) is 31.3 Å². The van der Waals surface area contributed by atoms with Gasteiger partial charge in [0, 0.05) is 17.7 Å². The van der Waals surface area contributed by atoms with Crippen LogP contribution in [0.25, 0.3) is 0 Å². The first-order valence-electron chi connectivity index (χ1n) is 4.87. The summed E-state index contributed by atoms with van der Waals surface area (Å²) < 4.78 is 0. The number of rotatable bonds is 4. The van der Waals surface area contributed by atoms with Gasteiger partial charge in [-0.2, -0.15) is 0 Å². The van der Waals surface area contributed by atoms with Gasteiger partial charge < -0.3 is 11.1 Å². The molecular formula is C10H16N4O. The van der Waals surface area contributed by atoms with Gasteiger partial charge in [-0.15, -0.1) is 0 Å². The summed E-state index contributed by atoms with van der Waals surface area (Å²) >= 11 is 0. The number of carbonyl (C=O) groups is 1. The van der Waals surface area contributed by atoms with E-state index in [0.717, 1.165) is 11.5 Å². The van der Waals surface area contributed by atoms with Crippen molar-refractivity contribution in [2.75, 3.05) is 11.9 Å². The summed E-state index contributed by atoms with van der Waals surface area (Å²) in [6, 6.07) is 1.79. The lowest BCUT2D eigenvalue weighted by Gasteiger charge is -2.08. The Morgan fingerprint density at radius 1 is 1.53 bits per heavy atom. The summed E-state index contributed by atoms with van der Waals surface area (Å²) in [4.78, 5) is 19.2. The van der Waals surface area contributed by atoms with E-state index in [0.29, 0.717) is 5.82 Å². The molecule has 5 heteroatoms. The van der Waals surface area contributed by atoms with Crippen molar-refractivity contribution in [3.05, 3.63) is 17.6 Å². The summed E-state index contributed by atoms with van der Waals surface area (Å²) in [6.45, 7) is 6.02. The minimum absolute atomic E-state index is 0.0913. The van der Waals surface area contributed by atoms with Gasteiger partial charge in [-0.1, -0.05) is 13.8 Å². The summed E-state index contributed by atoms with van der Waals surface area (Å²) in [7, 11) is 0. The van der Waals surface area contributed by atoms with Crippen LogP contribution in [-0.4, -0.2) is 22.4 Å². The van der Waals surface area contributed by atoms with E-state index in [1.54, 1.807) is 6.07 Å². The van der Waals surface area contributed by atoms with E-state index in [1.165, 1.54) is 0 Å². The molecule has 0 aliphatic heterocycles. The second-order valence-corrected chi connectivity index (χ2v) is 3.73. The quantitative estimate of drug-likeness (QED) is 0.767. The highest BCUT2D eigenvalue weighted by molar-refractivity contribution is 5.78. The molecule has 0 atom stereocenters. The Kier molecular flexibility index (Phi) is 3.60. The van der Waals surface area contributed by atoms with Crippen LogP contribution in [0.5, 0.6) is 0 Å². The monoisotopic (exact) mass is 208 g/mol. The van der Waals surface area contributed by atoms with Crippen LogP contribution in [0.4, 0.5) is 5.82 Å². The van der Waals surface area contributed by atoms with Crippen LogP contribution in [-0.2, 0) is 4.79 Å². The molecule has 0 saturated carbocycles. The van der Waals surface area contributed by atoms with Gasteiger partial charge in [-0.05, 0) is 6.92 Å². The third-order valence-electron chi connectivity index (χ3n) is 1.83. The van der Waals surface area contributed by atoms with Gasteiger partial charge in [-0.25, -0.2) is 9.97 Å². The largest absolute Gasteiger partial charge is 0.368 e. The van der Waals surface area contributed by atoms with Crippen LogP contribution < -0.4 is 11.1 Å². The number of aryl methyl sites for hydroxylation is 1. The standard InChI is InChI=1S/C10H16N4O/c1-6(2)10-13-7(3)4-9(14-10)12-5-8(11)15/h4,6H,5H2,1-3H3,(H2,11,15)(H,12,13,14). The predicted octanol–water partition coefficient (Wildman–Crippen LogP) is 0.806. The van der Waals surface area contributed by atoms with Gasteiger partial charge >= 0.3 is 0 Å². The number of carbonyl (C=O) groups excluding carboxylic acids is 1. The molecule has 1 aromatic heterocycles. The molecule has 0 fully saturated rings. The topological polar surface area (TPSA) is 80.9 Å². The Labute approximate surface area is 89.1 Å². The number of amides is 1. The Balaban J connectivity index is 2.84. The molecule has 1 rings (SSSR count). The molecule has 82 valence electrons. The van der Waals surface area contributed by atoms with Crippen LogP contribution in [0.2, 0.25) is 0 Å². The van der Waals surface area contributed by atoms with Crippen molar-refractivity contribution in [2.45, 2.75) is 26.7 Å². The van der Waals surface area contributed by atoms with Crippen molar-refractivity contribution in [1.29, 1.82) is 0 Å². The second-order valence-electron chi connectivity index (χ2n) is 3.73. The molecule has 0 bridgehead atoms. The fraction of sp³-hybridized carbons (Fsp3) is 0.500. The molecule has 5 nitrogen and oxygen atoms in total. The van der Waals surface area contributed by atoms with E-state index in [9.17, 15) is 4.79 Å². The Hall–Kier alpha value is -1.65. The molecule has 0 aliphatic rings. The predicted molar refractivity (Wildman–Crippen MR) is 58.5 cm³/mol. The number of hydrogen-bond acceptors (Lipinski definition) is 4. The minimum atomic E-state index is -0.405. The third-order valence-corrected chi connectivity index (χ3v) is 1.83. The van der Waals surface area contributed by atoms with E-state index in [1.807, 2.05) is 20.8 Å². The third kappa shape index (κ3) is 3.53. The lowest BCUT2D eigenvalue weighted by molar-refractivity contribution is -0.116. The molecule has 1 aromatic rings. The number of anilines is 1. The fourth-order valence-corrected chi connectivity index (χ4v) is 1.12. The highest BCUT2D eigenvalue weighted by atomic mass is 16.1. The van der Waals surface area contributed by atoms with Crippen molar-refractivity contribution in [3.63, 3.8) is 0 Å². The van der Waals surface area contributed by atoms with E-state index in [4.69, 9.17) is 5.73 Å². The van der Waals surface area contributed by atoms with Crippen molar-refractivity contribution in [1.82, 2.24) is 9.97 Å². The van der Waals surface area contributed by atoms with Gasteiger partial charge in [0.15, 0.2) is 0 Å². The molecule has 0 saturated heterocycles. The first-order valence-corrected chi connectivity index (χ1v) is 4.87. The summed E-state index contributed by atoms with van der Waals surface area (Å²) in [5.41, 5.74) is 5.91. The molecule has 0 unspecified atom stereocenters. The average Bonchev–Trinajstić information content (AvgIpc) is 2.13. The van der Waals surface area contributed by atoms with Crippen LogP contribution >= 0.6 is 0 Å². The maximum atomic E-state index is 10.6. The zero-order chi connectivity index (χ0) is 11.4. The van der Waals surface area contributed by atoms with Crippen LogP contribution in [0.15, 0.2) is 6.07 Å². The zero-order valence-corrected chi connectivity index (χ0v) is 9.24. The zero-order valence-electron chi connectivity index (χ0n) is 9.24. The van der Waals surface area contributed by atoms with Crippen molar-refractivity contribution >= 4 is 11.7 Å². The highest BCUT2D eigenvalue weighted by Crippen LogP contribution is 2.13. The second kappa shape index (κ2) is 4.72.